The van der Waals surface area contributed by atoms with Crippen molar-refractivity contribution in [2.45, 2.75) is 84.1 Å². The van der Waals surface area contributed by atoms with Crippen LogP contribution < -0.4 is 0 Å². The number of carbonyl (C=O) groups excluding carboxylic acids is 2. The topological polar surface area (TPSA) is 65.1 Å². The maximum Gasteiger partial charge on any atom is 0.323 e. The first-order valence-electron chi connectivity index (χ1n) is 11.9. The highest BCUT2D eigenvalue weighted by molar-refractivity contribution is 6.00. The van der Waals surface area contributed by atoms with Crippen molar-refractivity contribution in [1.82, 2.24) is 5.06 Å². The van der Waals surface area contributed by atoms with Crippen LogP contribution in [0.4, 0.5) is 0 Å². The fourth-order valence-electron chi connectivity index (χ4n) is 6.20. The van der Waals surface area contributed by atoms with E-state index in [9.17, 15) is 9.59 Å². The minimum absolute atomic E-state index is 0.0926. The molecule has 2 saturated heterocycles. The molecule has 0 aromatic heterocycles. The second-order valence-corrected chi connectivity index (χ2v) is 9.24. The van der Waals surface area contributed by atoms with Crippen molar-refractivity contribution in [1.29, 1.82) is 0 Å². The van der Waals surface area contributed by atoms with Crippen LogP contribution in [0, 0.1) is 16.7 Å². The van der Waals surface area contributed by atoms with Gasteiger partial charge in [0.2, 0.25) is 0 Å². The molecule has 0 amide bonds. The molecule has 30 heavy (non-hydrogen) atoms. The van der Waals surface area contributed by atoms with Crippen molar-refractivity contribution in [2.24, 2.45) is 16.7 Å². The van der Waals surface area contributed by atoms with Crippen molar-refractivity contribution in [2.75, 3.05) is 26.4 Å². The molecule has 0 N–H and O–H groups in total. The fourth-order valence-corrected chi connectivity index (χ4v) is 6.20. The molecule has 3 rings (SSSR count). The van der Waals surface area contributed by atoms with E-state index in [1.165, 1.54) is 44.9 Å². The Bertz CT molecular complexity index is 595. The number of carbonyl (C=O) groups is 2. The Balaban J connectivity index is 1.94. The fraction of sp³-hybridized carbons (Fsp3) is 0.833. The molecule has 0 bridgehead atoms. The highest BCUT2D eigenvalue weighted by atomic mass is 16.7. The number of fused-ring (bicyclic) bond motifs is 2. The van der Waals surface area contributed by atoms with E-state index in [1.54, 1.807) is 19.9 Å². The summed E-state index contributed by atoms with van der Waals surface area (Å²) in [6, 6.07) is 0.244. The molecule has 6 heteroatoms. The first-order chi connectivity index (χ1) is 14.5. The quantitative estimate of drug-likeness (QED) is 0.328. The number of esters is 2. The van der Waals surface area contributed by atoms with Gasteiger partial charge in [-0.3, -0.25) is 14.4 Å². The summed E-state index contributed by atoms with van der Waals surface area (Å²) in [4.78, 5) is 32.4. The lowest BCUT2D eigenvalue weighted by Crippen LogP contribution is -2.50. The number of hydrogen-bond donors (Lipinski definition) is 0. The van der Waals surface area contributed by atoms with E-state index >= 15 is 0 Å². The van der Waals surface area contributed by atoms with Gasteiger partial charge in [0.1, 0.15) is 0 Å². The number of hydroxylamine groups is 2. The third-order valence-corrected chi connectivity index (χ3v) is 7.43. The zero-order chi connectivity index (χ0) is 21.6. The Morgan fingerprint density at radius 2 is 1.67 bits per heavy atom. The summed E-state index contributed by atoms with van der Waals surface area (Å²) in [5.74, 6) is -0.892. The van der Waals surface area contributed by atoms with Gasteiger partial charge in [-0.15, -0.1) is 6.58 Å². The van der Waals surface area contributed by atoms with Crippen molar-refractivity contribution in [3.05, 3.63) is 12.7 Å². The molecule has 0 aromatic carbocycles. The molecule has 1 aliphatic carbocycles. The second-order valence-electron chi connectivity index (χ2n) is 9.24. The first-order valence-corrected chi connectivity index (χ1v) is 11.9. The number of rotatable bonds is 8. The lowest BCUT2D eigenvalue weighted by molar-refractivity contribution is -0.174. The van der Waals surface area contributed by atoms with E-state index in [4.69, 9.17) is 14.3 Å². The summed E-state index contributed by atoms with van der Waals surface area (Å²) < 4.78 is 10.8. The smallest absolute Gasteiger partial charge is 0.323 e. The zero-order valence-corrected chi connectivity index (χ0v) is 18.8. The molecule has 1 saturated carbocycles. The molecule has 1 spiro atoms. The van der Waals surface area contributed by atoms with E-state index in [1.807, 2.05) is 0 Å². The Morgan fingerprint density at radius 3 is 2.23 bits per heavy atom. The van der Waals surface area contributed by atoms with Gasteiger partial charge in [0.25, 0.3) is 0 Å². The van der Waals surface area contributed by atoms with Gasteiger partial charge in [-0.1, -0.05) is 31.8 Å². The van der Waals surface area contributed by atoms with Crippen LogP contribution in [0.1, 0.15) is 78.1 Å². The van der Waals surface area contributed by atoms with E-state index in [2.05, 4.69) is 11.6 Å². The maximum absolute atomic E-state index is 13.1. The molecule has 2 heterocycles. The predicted octanol–water partition coefficient (Wildman–Crippen LogP) is 4.43. The number of hydrogen-bond acceptors (Lipinski definition) is 6. The third kappa shape index (κ3) is 4.45. The predicted molar refractivity (Wildman–Crippen MR) is 114 cm³/mol. The molecule has 2 atom stereocenters. The Labute approximate surface area is 181 Å². The average molecular weight is 422 g/mol. The van der Waals surface area contributed by atoms with Gasteiger partial charge in [-0.25, -0.2) is 0 Å². The van der Waals surface area contributed by atoms with E-state index in [0.717, 1.165) is 13.0 Å². The Morgan fingerprint density at radius 1 is 1.07 bits per heavy atom. The molecule has 6 nitrogen and oxygen atoms in total. The van der Waals surface area contributed by atoms with Gasteiger partial charge in [-0.05, 0) is 57.8 Å². The van der Waals surface area contributed by atoms with Crippen molar-refractivity contribution >= 4 is 11.9 Å². The second kappa shape index (κ2) is 10.3. The van der Waals surface area contributed by atoms with Gasteiger partial charge in [0.05, 0.1) is 19.8 Å². The number of allylic oxidation sites excluding steroid dienone is 1. The third-order valence-electron chi connectivity index (χ3n) is 7.43. The van der Waals surface area contributed by atoms with Gasteiger partial charge < -0.3 is 9.47 Å². The SMILES string of the molecule is C=CCC(CC1CON2CCCCC3(CCCCC3)[C@@H]12)(C(=O)OCC)C(=O)OCC. The molecule has 0 radical (unpaired) electrons. The molecular weight excluding hydrogens is 382 g/mol. The summed E-state index contributed by atoms with van der Waals surface area (Å²) >= 11 is 0. The lowest BCUT2D eigenvalue weighted by atomic mass is 9.61. The summed E-state index contributed by atoms with van der Waals surface area (Å²) in [7, 11) is 0. The Kier molecular flexibility index (Phi) is 7.97. The Hall–Kier alpha value is -1.40. The monoisotopic (exact) mass is 421 g/mol. The van der Waals surface area contributed by atoms with Crippen LogP contribution >= 0.6 is 0 Å². The minimum atomic E-state index is -1.35. The summed E-state index contributed by atoms with van der Waals surface area (Å²) in [6.45, 7) is 9.30. The van der Waals surface area contributed by atoms with E-state index in [-0.39, 0.29) is 37.0 Å². The van der Waals surface area contributed by atoms with Crippen LogP contribution in [0.5, 0.6) is 0 Å². The first kappa shape index (κ1) is 23.3. The maximum atomic E-state index is 13.1. The van der Waals surface area contributed by atoms with E-state index < -0.39 is 17.4 Å². The average Bonchev–Trinajstić information content (AvgIpc) is 3.06. The number of nitrogens with zero attached hydrogens (tertiary/aromatic N) is 1. The van der Waals surface area contributed by atoms with E-state index in [0.29, 0.717) is 13.0 Å². The number of ether oxygens (including phenoxy) is 2. The van der Waals surface area contributed by atoms with Gasteiger partial charge in [0.15, 0.2) is 5.41 Å². The molecular formula is C24H39NO5. The van der Waals surface area contributed by atoms with Gasteiger partial charge in [0, 0.05) is 18.5 Å². The summed E-state index contributed by atoms with van der Waals surface area (Å²) in [6.07, 6.45) is 12.0. The minimum Gasteiger partial charge on any atom is -0.465 e. The van der Waals surface area contributed by atoms with Crippen molar-refractivity contribution in [3.8, 4) is 0 Å². The highest BCUT2D eigenvalue weighted by Crippen LogP contribution is 2.53. The van der Waals surface area contributed by atoms with Crippen LogP contribution in [0.3, 0.4) is 0 Å². The van der Waals surface area contributed by atoms with Crippen LogP contribution in [0.15, 0.2) is 12.7 Å². The highest BCUT2D eigenvalue weighted by Gasteiger charge is 2.56. The van der Waals surface area contributed by atoms with Crippen molar-refractivity contribution < 1.29 is 23.9 Å². The van der Waals surface area contributed by atoms with Crippen LogP contribution in [-0.4, -0.2) is 49.4 Å². The van der Waals surface area contributed by atoms with Gasteiger partial charge in [-0.2, -0.15) is 5.06 Å². The van der Waals surface area contributed by atoms with Crippen LogP contribution in [0.2, 0.25) is 0 Å². The van der Waals surface area contributed by atoms with Gasteiger partial charge >= 0.3 is 11.9 Å². The molecule has 2 aliphatic heterocycles. The summed E-state index contributed by atoms with van der Waals surface area (Å²) in [5, 5.41) is 2.19. The molecule has 3 aliphatic rings. The molecule has 0 aromatic rings. The normalized spacial score (nSPS) is 26.6. The standard InChI is InChI=1S/C24H39NO5/c1-4-12-24(21(26)28-5-2,22(27)29-6-3)17-19-18-30-25-16-11-10-15-23(20(19)25)13-8-7-9-14-23/h4,19-20H,1,5-18H2,2-3H3/t19?,20-/m1/s1. The lowest BCUT2D eigenvalue weighted by Gasteiger charge is -2.46. The van der Waals surface area contributed by atoms with Crippen molar-refractivity contribution in [3.63, 3.8) is 0 Å². The van der Waals surface area contributed by atoms with Crippen LogP contribution in [0.25, 0.3) is 0 Å². The molecule has 1 unspecified atom stereocenters. The summed E-state index contributed by atoms with van der Waals surface area (Å²) in [5.41, 5.74) is -1.13. The van der Waals surface area contributed by atoms with Crippen LogP contribution in [-0.2, 0) is 23.9 Å². The zero-order valence-electron chi connectivity index (χ0n) is 18.8. The molecule has 170 valence electrons. The largest absolute Gasteiger partial charge is 0.465 e. The molecule has 3 fully saturated rings.